The third-order valence-corrected chi connectivity index (χ3v) is 20.4. The van der Waals surface area contributed by atoms with Gasteiger partial charge in [0.15, 0.2) is 0 Å². The van der Waals surface area contributed by atoms with Crippen LogP contribution in [0.1, 0.15) is 81.3 Å². The molecule has 228 valence electrons. The molecule has 6 rings (SSSR count). The fourth-order valence-corrected chi connectivity index (χ4v) is 19.9. The van der Waals surface area contributed by atoms with Gasteiger partial charge >= 0.3 is 271 Å². The van der Waals surface area contributed by atoms with Gasteiger partial charge in [0, 0.05) is 0 Å². The van der Waals surface area contributed by atoms with Gasteiger partial charge in [-0.15, -0.1) is 24.8 Å². The molecule has 4 aromatic carbocycles. The first-order chi connectivity index (χ1) is 19.9. The zero-order chi connectivity index (χ0) is 29.8. The second-order valence-corrected chi connectivity index (χ2v) is 23.1. The van der Waals surface area contributed by atoms with E-state index >= 15 is 0 Å². The molecular weight excluding hydrogens is 789 g/mol. The predicted octanol–water partition coefficient (Wildman–Crippen LogP) is 11.4. The van der Waals surface area contributed by atoms with Crippen molar-refractivity contribution in [3.05, 3.63) is 144 Å². The number of halogens is 4. The number of rotatable bonds is 4. The van der Waals surface area contributed by atoms with E-state index in [0.717, 1.165) is 22.9 Å². The van der Waals surface area contributed by atoms with Crippen molar-refractivity contribution >= 4 is 54.6 Å². The molecule has 0 bridgehead atoms. The topological polar surface area (TPSA) is 0 Å². The van der Waals surface area contributed by atoms with Crippen LogP contribution in [0, 0.1) is 0 Å². The van der Waals surface area contributed by atoms with Crippen LogP contribution in [0.4, 0.5) is 0 Å². The van der Waals surface area contributed by atoms with Crippen LogP contribution in [0.2, 0.25) is 10.0 Å². The summed E-state index contributed by atoms with van der Waals surface area (Å²) < 4.78 is 4.72. The largest absolute Gasteiger partial charge is 0.147 e. The van der Waals surface area contributed by atoms with E-state index < -0.39 is 21.0 Å². The van der Waals surface area contributed by atoms with E-state index in [-0.39, 0.29) is 35.6 Å². The van der Waals surface area contributed by atoms with E-state index in [1.54, 1.807) is 12.2 Å². The summed E-state index contributed by atoms with van der Waals surface area (Å²) in [6.07, 6.45) is 9.01. The number of fused-ring (bicyclic) bond motifs is 3. The molecule has 0 atom stereocenters. The van der Waals surface area contributed by atoms with Crippen molar-refractivity contribution in [2.24, 2.45) is 0 Å². The Kier molecular flexibility index (Phi) is 10.8. The second kappa shape index (κ2) is 13.5. The van der Waals surface area contributed by atoms with Gasteiger partial charge in [-0.3, -0.25) is 0 Å². The van der Waals surface area contributed by atoms with Crippen LogP contribution in [0.3, 0.4) is 0 Å². The summed E-state index contributed by atoms with van der Waals surface area (Å²) in [5, 5.41) is 1.54. The van der Waals surface area contributed by atoms with Gasteiger partial charge in [-0.25, -0.2) is 0 Å². The quantitative estimate of drug-likeness (QED) is 0.158. The molecule has 2 aliphatic rings. The SMILES string of the molecule is CC(C)(C)c1ccc2c(c1)Cc1c-2ccc(C(C)(C)C)[c]1[Hf]([C]1=CC=CC1)=[C](c1cccc(Cl)c1)c1cccc(Cl)c1.Cl.Cl. The fourth-order valence-electron chi connectivity index (χ4n) is 6.48. The molecule has 0 saturated heterocycles. The van der Waals surface area contributed by atoms with Crippen LogP contribution >= 0.6 is 48.0 Å². The van der Waals surface area contributed by atoms with Crippen molar-refractivity contribution in [3.63, 3.8) is 0 Å². The minimum absolute atomic E-state index is 0. The average Bonchev–Trinajstić information content (AvgIpc) is 3.58. The molecule has 0 fully saturated rings. The molecule has 0 N–H and O–H groups in total. The Labute approximate surface area is 293 Å². The van der Waals surface area contributed by atoms with Crippen molar-refractivity contribution in [3.8, 4) is 11.1 Å². The normalized spacial score (nSPS) is 13.4. The maximum absolute atomic E-state index is 6.69. The molecular formula is C39H40Cl4Hf. The van der Waals surface area contributed by atoms with E-state index in [1.165, 1.54) is 42.2 Å². The van der Waals surface area contributed by atoms with E-state index in [9.17, 15) is 0 Å². The number of hydrogen-bond acceptors (Lipinski definition) is 0. The van der Waals surface area contributed by atoms with Gasteiger partial charge < -0.3 is 0 Å². The van der Waals surface area contributed by atoms with Crippen molar-refractivity contribution < 1.29 is 21.0 Å². The Bertz CT molecular complexity index is 1770. The van der Waals surface area contributed by atoms with E-state index in [1.807, 2.05) is 12.1 Å². The van der Waals surface area contributed by atoms with Crippen LogP contribution in [-0.4, -0.2) is 3.26 Å². The first-order valence-electron chi connectivity index (χ1n) is 14.8. The molecule has 5 heteroatoms. The molecule has 0 unspecified atom stereocenters. The average molecular weight is 829 g/mol. The van der Waals surface area contributed by atoms with Crippen LogP contribution in [0.15, 0.2) is 100 Å². The zero-order valence-electron chi connectivity index (χ0n) is 26.2. The molecule has 0 radical (unpaired) electrons. The number of allylic oxidation sites excluding steroid dienone is 4. The van der Waals surface area contributed by atoms with Crippen molar-refractivity contribution in [2.75, 3.05) is 0 Å². The smallest absolute Gasteiger partial charge is 0.147 e. The van der Waals surface area contributed by atoms with Gasteiger partial charge in [-0.2, -0.15) is 0 Å². The maximum atomic E-state index is 6.69. The van der Waals surface area contributed by atoms with Gasteiger partial charge in [0.2, 0.25) is 0 Å². The summed E-state index contributed by atoms with van der Waals surface area (Å²) >= 11 is 10.3. The Hall–Kier alpha value is -1.74. The summed E-state index contributed by atoms with van der Waals surface area (Å²) in [5.41, 5.74) is 11.3. The van der Waals surface area contributed by atoms with E-state index in [4.69, 9.17) is 23.2 Å². The summed E-state index contributed by atoms with van der Waals surface area (Å²) in [6, 6.07) is 29.0. The van der Waals surface area contributed by atoms with Crippen molar-refractivity contribution in [1.82, 2.24) is 0 Å². The number of hydrogen-bond donors (Lipinski definition) is 0. The Morgan fingerprint density at radius 2 is 1.32 bits per heavy atom. The van der Waals surface area contributed by atoms with Crippen LogP contribution in [0.5, 0.6) is 0 Å². The third-order valence-electron chi connectivity index (χ3n) is 8.57. The van der Waals surface area contributed by atoms with Crippen molar-refractivity contribution in [2.45, 2.75) is 65.2 Å². The summed E-state index contributed by atoms with van der Waals surface area (Å²) in [4.78, 5) is 0. The summed E-state index contributed by atoms with van der Waals surface area (Å²) in [6.45, 7) is 14.1. The van der Waals surface area contributed by atoms with Crippen LogP contribution < -0.4 is 3.32 Å². The molecule has 0 aromatic heterocycles. The van der Waals surface area contributed by atoms with Gasteiger partial charge in [0.25, 0.3) is 0 Å². The first kappa shape index (κ1) is 35.1. The molecule has 0 spiro atoms. The van der Waals surface area contributed by atoms with Gasteiger partial charge in [-0.05, 0) is 0 Å². The molecule has 44 heavy (non-hydrogen) atoms. The van der Waals surface area contributed by atoms with Gasteiger partial charge in [-0.1, -0.05) is 0 Å². The third kappa shape index (κ3) is 6.84. The maximum Gasteiger partial charge on any atom is -0.147 e. The Balaban J connectivity index is 0.00000221. The molecule has 4 aromatic rings. The van der Waals surface area contributed by atoms with E-state index in [2.05, 4.69) is 127 Å². The Morgan fingerprint density at radius 1 is 0.705 bits per heavy atom. The first-order valence-corrected chi connectivity index (χ1v) is 21.0. The van der Waals surface area contributed by atoms with Crippen LogP contribution in [0.25, 0.3) is 11.1 Å². The standard InChI is InChI=1S/C21H25.C13H8Cl2.C5H5.2ClH.Hf/c1-20(2,3)16-7-9-18-14(12-16)11-15-13-17(21(4,5)6)8-10-19(15)18;14-12-5-1-3-10(8-12)7-11-4-2-6-13(15)9-11;1-2-4-5-3-1;;;/h7-10,12H,11H2,1-6H3;1-6,8-9H;1-3H,4H2;2*1H;. The minimum Gasteiger partial charge on any atom is -0.147 e. The predicted molar refractivity (Wildman–Crippen MR) is 194 cm³/mol. The molecule has 0 aliphatic heterocycles. The van der Waals surface area contributed by atoms with Crippen molar-refractivity contribution in [1.29, 1.82) is 0 Å². The monoisotopic (exact) mass is 828 g/mol. The Morgan fingerprint density at radius 3 is 1.84 bits per heavy atom. The fraction of sp³-hybridized carbons (Fsp3) is 0.256. The molecule has 2 aliphatic carbocycles. The minimum atomic E-state index is -3.11. The zero-order valence-corrected chi connectivity index (χ0v) is 33.0. The van der Waals surface area contributed by atoms with Gasteiger partial charge in [0.05, 0.1) is 0 Å². The summed E-state index contributed by atoms with van der Waals surface area (Å²) in [5.74, 6) is 0. The molecule has 0 heterocycles. The molecule has 0 saturated carbocycles. The number of benzene rings is 4. The van der Waals surface area contributed by atoms with Gasteiger partial charge in [0.1, 0.15) is 0 Å². The van der Waals surface area contributed by atoms with E-state index in [0.29, 0.717) is 0 Å². The van der Waals surface area contributed by atoms with Crippen LogP contribution in [-0.2, 0) is 38.2 Å². The summed E-state index contributed by atoms with van der Waals surface area (Å²) in [7, 11) is 0. The second-order valence-electron chi connectivity index (χ2n) is 13.7. The molecule has 0 nitrogen and oxygen atoms in total. The molecule has 0 amide bonds.